The second kappa shape index (κ2) is 6.48. The summed E-state index contributed by atoms with van der Waals surface area (Å²) in [6, 6.07) is 8.30. The van der Waals surface area contributed by atoms with Gasteiger partial charge in [0.15, 0.2) is 0 Å². The van der Waals surface area contributed by atoms with E-state index in [-0.39, 0.29) is 5.91 Å². The number of hydrogen-bond acceptors (Lipinski definition) is 3. The van der Waals surface area contributed by atoms with E-state index in [2.05, 4.69) is 43.1 Å². The smallest absolute Gasteiger partial charge is 0.273 e. The van der Waals surface area contributed by atoms with Crippen molar-refractivity contribution in [1.82, 2.24) is 9.88 Å². The van der Waals surface area contributed by atoms with Gasteiger partial charge in [0.05, 0.1) is 5.51 Å². The van der Waals surface area contributed by atoms with Crippen LogP contribution in [0.15, 0.2) is 35.2 Å². The summed E-state index contributed by atoms with van der Waals surface area (Å²) in [5.41, 5.74) is 4.63. The van der Waals surface area contributed by atoms with Crippen LogP contribution < -0.4 is 0 Å². The highest BCUT2D eigenvalue weighted by Gasteiger charge is 2.16. The van der Waals surface area contributed by atoms with Crippen molar-refractivity contribution in [1.29, 1.82) is 0 Å². The lowest BCUT2D eigenvalue weighted by molar-refractivity contribution is 0.0738. The summed E-state index contributed by atoms with van der Waals surface area (Å²) < 4.78 is 0. The first-order chi connectivity index (χ1) is 9.20. The molecule has 3 nitrogen and oxygen atoms in total. The lowest BCUT2D eigenvalue weighted by Crippen LogP contribution is -2.31. The molecule has 0 spiro atoms. The van der Waals surface area contributed by atoms with Crippen molar-refractivity contribution in [3.05, 3.63) is 52.0 Å². The molecule has 0 saturated heterocycles. The molecule has 0 N–H and O–H groups in total. The van der Waals surface area contributed by atoms with Crippen LogP contribution in [0.2, 0.25) is 0 Å². The predicted molar refractivity (Wildman–Crippen MR) is 78.3 cm³/mol. The first kappa shape index (κ1) is 13.7. The predicted octanol–water partition coefficient (Wildman–Crippen LogP) is 3.50. The molecule has 0 unspecified atom stereocenters. The molecule has 0 aliphatic heterocycles. The minimum absolute atomic E-state index is 0.0173. The summed E-state index contributed by atoms with van der Waals surface area (Å²) >= 11 is 1.45. The average molecular weight is 274 g/mol. The summed E-state index contributed by atoms with van der Waals surface area (Å²) in [6.07, 6.45) is 0.946. The van der Waals surface area contributed by atoms with Gasteiger partial charge < -0.3 is 4.90 Å². The SMILES string of the molecule is CCCN(Cc1ccc(C)cc1)C(=O)c1cscn1. The third kappa shape index (κ3) is 3.64. The molecule has 0 aliphatic carbocycles. The second-order valence-electron chi connectivity index (χ2n) is 4.59. The number of carbonyl (C=O) groups excluding carboxylic acids is 1. The summed E-state index contributed by atoms with van der Waals surface area (Å²) in [7, 11) is 0. The lowest BCUT2D eigenvalue weighted by Gasteiger charge is -2.21. The average Bonchev–Trinajstić information content (AvgIpc) is 2.94. The van der Waals surface area contributed by atoms with E-state index in [4.69, 9.17) is 0 Å². The molecule has 0 bridgehead atoms. The van der Waals surface area contributed by atoms with Gasteiger partial charge in [0.1, 0.15) is 5.69 Å². The minimum Gasteiger partial charge on any atom is -0.333 e. The topological polar surface area (TPSA) is 33.2 Å². The number of thiazole rings is 1. The van der Waals surface area contributed by atoms with Crippen LogP contribution >= 0.6 is 11.3 Å². The van der Waals surface area contributed by atoms with Gasteiger partial charge in [-0.2, -0.15) is 0 Å². The Hall–Kier alpha value is -1.68. The van der Waals surface area contributed by atoms with E-state index < -0.39 is 0 Å². The van der Waals surface area contributed by atoms with E-state index in [0.717, 1.165) is 18.5 Å². The molecule has 4 heteroatoms. The number of carbonyl (C=O) groups is 1. The molecular weight excluding hydrogens is 256 g/mol. The largest absolute Gasteiger partial charge is 0.333 e. The Labute approximate surface area is 117 Å². The van der Waals surface area contributed by atoms with Gasteiger partial charge in [0.2, 0.25) is 0 Å². The van der Waals surface area contributed by atoms with Crippen molar-refractivity contribution < 1.29 is 4.79 Å². The zero-order chi connectivity index (χ0) is 13.7. The number of benzene rings is 1. The van der Waals surface area contributed by atoms with Crippen LogP contribution in [-0.2, 0) is 6.54 Å². The number of amides is 1. The summed E-state index contributed by atoms with van der Waals surface area (Å²) in [5, 5.41) is 1.81. The number of aryl methyl sites for hydroxylation is 1. The Morgan fingerprint density at radius 3 is 2.63 bits per heavy atom. The molecule has 1 heterocycles. The summed E-state index contributed by atoms with van der Waals surface area (Å²) in [5.74, 6) is 0.0173. The van der Waals surface area contributed by atoms with Crippen LogP contribution in [0.1, 0.15) is 35.0 Å². The van der Waals surface area contributed by atoms with Crippen molar-refractivity contribution in [3.8, 4) is 0 Å². The van der Waals surface area contributed by atoms with Crippen molar-refractivity contribution in [2.75, 3.05) is 6.54 Å². The number of nitrogens with zero attached hydrogens (tertiary/aromatic N) is 2. The minimum atomic E-state index is 0.0173. The van der Waals surface area contributed by atoms with Gasteiger partial charge in [-0.3, -0.25) is 4.79 Å². The van der Waals surface area contributed by atoms with Gasteiger partial charge in [-0.15, -0.1) is 11.3 Å². The molecule has 0 radical (unpaired) electrons. The van der Waals surface area contributed by atoms with E-state index in [9.17, 15) is 4.79 Å². The molecule has 19 heavy (non-hydrogen) atoms. The molecule has 100 valence electrons. The van der Waals surface area contributed by atoms with Crippen LogP contribution in [0.4, 0.5) is 0 Å². The van der Waals surface area contributed by atoms with Crippen molar-refractivity contribution in [2.45, 2.75) is 26.8 Å². The number of hydrogen-bond donors (Lipinski definition) is 0. The first-order valence-corrected chi connectivity index (χ1v) is 7.38. The van der Waals surface area contributed by atoms with Crippen molar-refractivity contribution in [3.63, 3.8) is 0 Å². The van der Waals surface area contributed by atoms with Gasteiger partial charge in [0.25, 0.3) is 5.91 Å². The molecule has 1 aromatic heterocycles. The second-order valence-corrected chi connectivity index (χ2v) is 5.30. The molecule has 1 aromatic carbocycles. The number of rotatable bonds is 5. The van der Waals surface area contributed by atoms with Gasteiger partial charge in [0, 0.05) is 18.5 Å². The van der Waals surface area contributed by atoms with Gasteiger partial charge in [-0.25, -0.2) is 4.98 Å². The zero-order valence-electron chi connectivity index (χ0n) is 11.3. The van der Waals surface area contributed by atoms with Crippen molar-refractivity contribution in [2.24, 2.45) is 0 Å². The van der Waals surface area contributed by atoms with E-state index in [1.165, 1.54) is 16.9 Å². The normalized spacial score (nSPS) is 10.4. The lowest BCUT2D eigenvalue weighted by atomic mass is 10.1. The fourth-order valence-electron chi connectivity index (χ4n) is 1.92. The number of aromatic nitrogens is 1. The Balaban J connectivity index is 2.11. The maximum atomic E-state index is 12.3. The summed E-state index contributed by atoms with van der Waals surface area (Å²) in [6.45, 7) is 5.54. The summed E-state index contributed by atoms with van der Waals surface area (Å²) in [4.78, 5) is 18.3. The quantitative estimate of drug-likeness (QED) is 0.836. The molecule has 0 fully saturated rings. The Morgan fingerprint density at radius 1 is 1.32 bits per heavy atom. The Bertz CT molecular complexity index is 520. The fraction of sp³-hybridized carbons (Fsp3) is 0.333. The molecule has 0 atom stereocenters. The molecule has 0 saturated carbocycles. The first-order valence-electron chi connectivity index (χ1n) is 6.43. The monoisotopic (exact) mass is 274 g/mol. The van der Waals surface area contributed by atoms with Crippen LogP contribution in [0.3, 0.4) is 0 Å². The van der Waals surface area contributed by atoms with Crippen LogP contribution in [0.5, 0.6) is 0 Å². The molecule has 1 amide bonds. The Morgan fingerprint density at radius 2 is 2.05 bits per heavy atom. The van der Waals surface area contributed by atoms with Gasteiger partial charge >= 0.3 is 0 Å². The van der Waals surface area contributed by atoms with E-state index in [1.54, 1.807) is 10.9 Å². The molecule has 0 aliphatic rings. The molecular formula is C15H18N2OS. The van der Waals surface area contributed by atoms with Gasteiger partial charge in [-0.1, -0.05) is 36.8 Å². The highest BCUT2D eigenvalue weighted by molar-refractivity contribution is 7.07. The maximum absolute atomic E-state index is 12.3. The van der Waals surface area contributed by atoms with Crippen LogP contribution in [0, 0.1) is 6.92 Å². The van der Waals surface area contributed by atoms with E-state index in [0.29, 0.717) is 12.2 Å². The van der Waals surface area contributed by atoms with E-state index >= 15 is 0 Å². The van der Waals surface area contributed by atoms with E-state index in [1.807, 2.05) is 4.90 Å². The van der Waals surface area contributed by atoms with Crippen LogP contribution in [0.25, 0.3) is 0 Å². The third-order valence-electron chi connectivity index (χ3n) is 2.93. The maximum Gasteiger partial charge on any atom is 0.273 e. The zero-order valence-corrected chi connectivity index (χ0v) is 12.1. The van der Waals surface area contributed by atoms with Crippen LogP contribution in [-0.4, -0.2) is 22.3 Å². The van der Waals surface area contributed by atoms with Gasteiger partial charge in [-0.05, 0) is 18.9 Å². The van der Waals surface area contributed by atoms with Crippen molar-refractivity contribution >= 4 is 17.2 Å². The molecule has 2 aromatic rings. The standard InChI is InChI=1S/C15H18N2OS/c1-3-8-17(15(18)14-10-19-11-16-14)9-13-6-4-12(2)5-7-13/h4-7,10-11H,3,8-9H2,1-2H3. The highest BCUT2D eigenvalue weighted by atomic mass is 32.1. The molecule has 2 rings (SSSR count). The third-order valence-corrected chi connectivity index (χ3v) is 3.51. The Kier molecular flexibility index (Phi) is 4.68. The highest BCUT2D eigenvalue weighted by Crippen LogP contribution is 2.12. The fourth-order valence-corrected chi connectivity index (χ4v) is 2.44.